The number of halogens is 2. The van der Waals surface area contributed by atoms with Crippen molar-refractivity contribution in [1.82, 2.24) is 0 Å². The van der Waals surface area contributed by atoms with Crippen LogP contribution in [0.2, 0.25) is 10.0 Å². The third kappa shape index (κ3) is 2.94. The molecule has 0 bridgehead atoms. The molecule has 23 heavy (non-hydrogen) atoms. The molecule has 0 fully saturated rings. The highest BCUT2D eigenvalue weighted by Crippen LogP contribution is 2.39. The first-order valence-electron chi connectivity index (χ1n) is 6.72. The van der Waals surface area contributed by atoms with Gasteiger partial charge in [-0.25, -0.2) is 8.42 Å². The highest BCUT2D eigenvalue weighted by atomic mass is 35.5. The Hall–Kier alpha value is -1.63. The van der Waals surface area contributed by atoms with E-state index in [0.717, 1.165) is 0 Å². The molecule has 0 saturated heterocycles. The van der Waals surface area contributed by atoms with E-state index in [2.05, 4.69) is 0 Å². The van der Waals surface area contributed by atoms with E-state index in [9.17, 15) is 8.42 Å². The summed E-state index contributed by atoms with van der Waals surface area (Å²) in [7, 11) is -2.46. The molecule has 2 aromatic rings. The number of sulfonamides is 1. The number of methoxy groups -OCH3 is 1. The molecular weight excluding hydrogens is 361 g/mol. The standard InChI is InChI=1S/C15H13Cl2NO4S/c1-21-14-5-3-11(17)9-15(14)23(19,20)18-6-7-22-13-4-2-10(16)8-12(13)18/h2-5,8-9H,6-7H2,1H3. The van der Waals surface area contributed by atoms with Crippen LogP contribution in [0.5, 0.6) is 11.5 Å². The monoisotopic (exact) mass is 373 g/mol. The van der Waals surface area contributed by atoms with Crippen LogP contribution >= 0.6 is 23.2 Å². The number of benzene rings is 2. The van der Waals surface area contributed by atoms with Gasteiger partial charge in [0.2, 0.25) is 0 Å². The summed E-state index contributed by atoms with van der Waals surface area (Å²) < 4.78 is 38.1. The van der Waals surface area contributed by atoms with Gasteiger partial charge in [0.1, 0.15) is 23.0 Å². The Kier molecular flexibility index (Phi) is 4.31. The second-order valence-electron chi connectivity index (χ2n) is 4.83. The van der Waals surface area contributed by atoms with Crippen molar-refractivity contribution in [2.45, 2.75) is 4.90 Å². The van der Waals surface area contributed by atoms with Gasteiger partial charge in [0.05, 0.1) is 19.3 Å². The Morgan fingerprint density at radius 1 is 1.13 bits per heavy atom. The van der Waals surface area contributed by atoms with Gasteiger partial charge in [0.15, 0.2) is 0 Å². The van der Waals surface area contributed by atoms with Crippen LogP contribution in [0, 0.1) is 0 Å². The normalized spacial score (nSPS) is 14.1. The summed E-state index contributed by atoms with van der Waals surface area (Å²) in [4.78, 5) is 0.000301. The van der Waals surface area contributed by atoms with Crippen molar-refractivity contribution in [2.75, 3.05) is 24.6 Å². The van der Waals surface area contributed by atoms with Crippen molar-refractivity contribution in [3.8, 4) is 11.5 Å². The van der Waals surface area contributed by atoms with Crippen molar-refractivity contribution in [3.63, 3.8) is 0 Å². The van der Waals surface area contributed by atoms with Crippen molar-refractivity contribution in [2.24, 2.45) is 0 Å². The summed E-state index contributed by atoms with van der Waals surface area (Å²) in [6, 6.07) is 9.32. The Labute approximate surface area is 144 Å². The predicted octanol–water partition coefficient (Wildman–Crippen LogP) is 3.59. The van der Waals surface area contributed by atoms with E-state index in [1.54, 1.807) is 24.3 Å². The first kappa shape index (κ1) is 16.2. The molecule has 0 aromatic heterocycles. The molecule has 5 nitrogen and oxygen atoms in total. The highest BCUT2D eigenvalue weighted by molar-refractivity contribution is 7.93. The van der Waals surface area contributed by atoms with E-state index >= 15 is 0 Å². The molecule has 0 unspecified atom stereocenters. The minimum Gasteiger partial charge on any atom is -0.495 e. The van der Waals surface area contributed by atoms with Gasteiger partial charge in [0, 0.05) is 10.0 Å². The van der Waals surface area contributed by atoms with E-state index < -0.39 is 10.0 Å². The second-order valence-corrected chi connectivity index (χ2v) is 7.54. The Morgan fingerprint density at radius 2 is 1.83 bits per heavy atom. The third-order valence-electron chi connectivity index (χ3n) is 3.44. The van der Waals surface area contributed by atoms with Crippen LogP contribution in [0.4, 0.5) is 5.69 Å². The zero-order valence-electron chi connectivity index (χ0n) is 12.1. The van der Waals surface area contributed by atoms with Crippen molar-refractivity contribution in [1.29, 1.82) is 0 Å². The topological polar surface area (TPSA) is 55.8 Å². The fourth-order valence-corrected chi connectivity index (χ4v) is 4.43. The van der Waals surface area contributed by atoms with Gasteiger partial charge in [0.25, 0.3) is 10.0 Å². The fraction of sp³-hybridized carbons (Fsp3) is 0.200. The molecule has 0 saturated carbocycles. The number of rotatable bonds is 3. The van der Waals surface area contributed by atoms with Crippen molar-refractivity contribution < 1.29 is 17.9 Å². The van der Waals surface area contributed by atoms with Crippen LogP contribution in [-0.2, 0) is 10.0 Å². The number of hydrogen-bond donors (Lipinski definition) is 0. The lowest BCUT2D eigenvalue weighted by molar-refractivity contribution is 0.315. The van der Waals surface area contributed by atoms with Gasteiger partial charge in [-0.15, -0.1) is 0 Å². The minimum atomic E-state index is -3.87. The lowest BCUT2D eigenvalue weighted by Gasteiger charge is -2.31. The largest absolute Gasteiger partial charge is 0.495 e. The maximum absolute atomic E-state index is 13.1. The molecule has 2 aromatic carbocycles. The Balaban J connectivity index is 2.16. The molecule has 8 heteroatoms. The molecule has 0 amide bonds. The van der Waals surface area contributed by atoms with Gasteiger partial charge >= 0.3 is 0 Å². The maximum atomic E-state index is 13.1. The van der Waals surface area contributed by atoms with Crippen LogP contribution in [0.3, 0.4) is 0 Å². The molecule has 0 atom stereocenters. The van der Waals surface area contributed by atoms with E-state index in [1.807, 2.05) is 0 Å². The molecule has 1 heterocycles. The van der Waals surface area contributed by atoms with Crippen molar-refractivity contribution in [3.05, 3.63) is 46.4 Å². The van der Waals surface area contributed by atoms with Gasteiger partial charge < -0.3 is 9.47 Å². The molecule has 0 spiro atoms. The van der Waals surface area contributed by atoms with Crippen LogP contribution in [-0.4, -0.2) is 28.7 Å². The summed E-state index contributed by atoms with van der Waals surface area (Å²) in [6.07, 6.45) is 0. The van der Waals surface area contributed by atoms with Gasteiger partial charge in [-0.05, 0) is 36.4 Å². The average molecular weight is 374 g/mol. The number of fused-ring (bicyclic) bond motifs is 1. The molecule has 122 valence electrons. The van der Waals surface area contributed by atoms with E-state index in [1.165, 1.54) is 23.5 Å². The zero-order chi connectivity index (χ0) is 16.6. The lowest BCUT2D eigenvalue weighted by atomic mass is 10.2. The molecular formula is C15H13Cl2NO4S. The second kappa shape index (κ2) is 6.11. The molecule has 0 radical (unpaired) electrons. The van der Waals surface area contributed by atoms with Gasteiger partial charge in [-0.3, -0.25) is 4.31 Å². The molecule has 3 rings (SSSR count). The number of hydrogen-bond acceptors (Lipinski definition) is 4. The van der Waals surface area contributed by atoms with Gasteiger partial charge in [-0.1, -0.05) is 23.2 Å². The summed E-state index contributed by atoms with van der Waals surface area (Å²) in [5.41, 5.74) is 0.394. The maximum Gasteiger partial charge on any atom is 0.268 e. The fourth-order valence-electron chi connectivity index (χ4n) is 2.39. The van der Waals surface area contributed by atoms with Crippen LogP contribution in [0.15, 0.2) is 41.3 Å². The number of anilines is 1. The van der Waals surface area contributed by atoms with E-state index in [-0.39, 0.29) is 23.8 Å². The first-order chi connectivity index (χ1) is 10.9. The summed E-state index contributed by atoms with van der Waals surface area (Å²) in [5, 5.41) is 0.733. The predicted molar refractivity (Wildman–Crippen MR) is 89.5 cm³/mol. The SMILES string of the molecule is COc1ccc(Cl)cc1S(=O)(=O)N1CCOc2ccc(Cl)cc21. The lowest BCUT2D eigenvalue weighted by Crippen LogP contribution is -2.38. The number of nitrogens with zero attached hydrogens (tertiary/aromatic N) is 1. The minimum absolute atomic E-state index is 0.000301. The van der Waals surface area contributed by atoms with E-state index in [4.69, 9.17) is 32.7 Å². The smallest absolute Gasteiger partial charge is 0.268 e. The summed E-state index contributed by atoms with van der Waals surface area (Å²) in [5.74, 6) is 0.690. The Morgan fingerprint density at radius 3 is 2.57 bits per heavy atom. The van der Waals surface area contributed by atoms with Crippen LogP contribution in [0.25, 0.3) is 0 Å². The molecule has 0 aliphatic carbocycles. The van der Waals surface area contributed by atoms with Crippen LogP contribution in [0.1, 0.15) is 0 Å². The average Bonchev–Trinajstić information content (AvgIpc) is 2.54. The first-order valence-corrected chi connectivity index (χ1v) is 8.92. The van der Waals surface area contributed by atoms with Gasteiger partial charge in [-0.2, -0.15) is 0 Å². The quantitative estimate of drug-likeness (QED) is 0.824. The Bertz CT molecular complexity index is 855. The molecule has 1 aliphatic rings. The number of ether oxygens (including phenoxy) is 2. The summed E-state index contributed by atoms with van der Waals surface area (Å²) in [6.45, 7) is 0.419. The summed E-state index contributed by atoms with van der Waals surface area (Å²) >= 11 is 12.0. The highest BCUT2D eigenvalue weighted by Gasteiger charge is 2.32. The van der Waals surface area contributed by atoms with E-state index in [0.29, 0.717) is 21.5 Å². The van der Waals surface area contributed by atoms with Crippen LogP contribution < -0.4 is 13.8 Å². The third-order valence-corrected chi connectivity index (χ3v) is 5.74. The zero-order valence-corrected chi connectivity index (χ0v) is 14.5. The molecule has 0 N–H and O–H groups in total. The molecule has 1 aliphatic heterocycles. The van der Waals surface area contributed by atoms with Crippen molar-refractivity contribution >= 4 is 38.9 Å².